The minimum absolute atomic E-state index is 0.140. The van der Waals surface area contributed by atoms with E-state index in [2.05, 4.69) is 15.3 Å². The van der Waals surface area contributed by atoms with E-state index in [1.807, 2.05) is 30.3 Å². The Labute approximate surface area is 157 Å². The summed E-state index contributed by atoms with van der Waals surface area (Å²) in [6, 6.07) is 11.3. The number of hydrogen-bond acceptors (Lipinski definition) is 7. The topological polar surface area (TPSA) is 85.7 Å². The van der Waals surface area contributed by atoms with Crippen molar-refractivity contribution in [3.05, 3.63) is 42.6 Å². The zero-order valence-corrected chi connectivity index (χ0v) is 15.4. The molecule has 0 aliphatic heterocycles. The quantitative estimate of drug-likeness (QED) is 0.558. The number of aromatic nitrogens is 2. The van der Waals surface area contributed by atoms with E-state index in [-0.39, 0.29) is 6.61 Å². The Hall–Kier alpha value is -3.06. The highest BCUT2D eigenvalue weighted by atomic mass is 16.5. The summed E-state index contributed by atoms with van der Waals surface area (Å²) in [4.78, 5) is 9.01. The summed E-state index contributed by atoms with van der Waals surface area (Å²) < 4.78 is 16.7. The number of nitrogens with one attached hydrogen (secondary N) is 1. The second-order valence-electron chi connectivity index (χ2n) is 5.85. The third-order valence-corrected chi connectivity index (χ3v) is 3.99. The summed E-state index contributed by atoms with van der Waals surface area (Å²) in [7, 11) is 3.17. The van der Waals surface area contributed by atoms with Crippen LogP contribution in [-0.4, -0.2) is 42.5 Å². The van der Waals surface area contributed by atoms with Crippen LogP contribution in [-0.2, 0) is 0 Å². The number of aliphatic hydroxyl groups excluding tert-OH is 1. The van der Waals surface area contributed by atoms with Gasteiger partial charge in [-0.25, -0.2) is 4.98 Å². The van der Waals surface area contributed by atoms with Crippen LogP contribution < -0.4 is 19.5 Å². The normalized spacial score (nSPS) is 10.6. The zero-order valence-electron chi connectivity index (χ0n) is 15.4. The van der Waals surface area contributed by atoms with Crippen molar-refractivity contribution >= 4 is 22.5 Å². The van der Waals surface area contributed by atoms with Crippen molar-refractivity contribution in [2.45, 2.75) is 12.8 Å². The second-order valence-corrected chi connectivity index (χ2v) is 5.85. The Morgan fingerprint density at radius 1 is 1.04 bits per heavy atom. The molecule has 1 heterocycles. The van der Waals surface area contributed by atoms with Crippen LogP contribution >= 0.6 is 0 Å². The fraction of sp³-hybridized carbons (Fsp3) is 0.300. The predicted octanol–water partition coefficient (Wildman–Crippen LogP) is 3.54. The number of benzene rings is 2. The zero-order chi connectivity index (χ0) is 19.1. The van der Waals surface area contributed by atoms with Gasteiger partial charge in [-0.05, 0) is 25.0 Å². The molecule has 0 fully saturated rings. The first kappa shape index (κ1) is 18.7. The highest BCUT2D eigenvalue weighted by Gasteiger charge is 2.15. The number of aliphatic hydroxyl groups is 1. The number of anilines is 2. The molecule has 0 aliphatic carbocycles. The number of nitrogens with zero attached hydrogens (tertiary/aromatic N) is 2. The number of unbranched alkanes of at least 4 members (excludes halogenated alkanes) is 1. The maximum absolute atomic E-state index is 8.94. The number of ether oxygens (including phenoxy) is 3. The standard InChI is InChI=1S/C20H23N3O4/c1-25-14-11-17(20(18(12-14)26-2)27-10-6-5-9-24)23-19-13-21-15-7-3-4-8-16(15)22-19/h3-4,7-8,11-13,24H,5-6,9-10H2,1-2H3,(H,22,23). The number of methoxy groups -OCH3 is 2. The van der Waals surface area contributed by atoms with Gasteiger partial charge in [-0.3, -0.25) is 4.98 Å². The first-order valence-electron chi connectivity index (χ1n) is 8.73. The number of rotatable bonds is 9. The molecule has 142 valence electrons. The third-order valence-electron chi connectivity index (χ3n) is 3.99. The van der Waals surface area contributed by atoms with Gasteiger partial charge in [0, 0.05) is 18.7 Å². The molecule has 2 aromatic carbocycles. The molecule has 3 aromatic rings. The van der Waals surface area contributed by atoms with Crippen molar-refractivity contribution in [2.75, 3.05) is 32.8 Å². The monoisotopic (exact) mass is 369 g/mol. The van der Waals surface area contributed by atoms with E-state index in [4.69, 9.17) is 19.3 Å². The minimum atomic E-state index is 0.140. The molecular formula is C20H23N3O4. The highest BCUT2D eigenvalue weighted by Crippen LogP contribution is 2.40. The number of hydrogen-bond donors (Lipinski definition) is 2. The van der Waals surface area contributed by atoms with Gasteiger partial charge in [0.1, 0.15) is 11.6 Å². The molecule has 7 nitrogen and oxygen atoms in total. The van der Waals surface area contributed by atoms with Crippen LogP contribution in [0.25, 0.3) is 11.0 Å². The lowest BCUT2D eigenvalue weighted by Crippen LogP contribution is -2.05. The second kappa shape index (κ2) is 9.05. The molecule has 0 atom stereocenters. The predicted molar refractivity (Wildman–Crippen MR) is 104 cm³/mol. The Balaban J connectivity index is 1.92. The fourth-order valence-electron chi connectivity index (χ4n) is 2.63. The Morgan fingerprint density at radius 2 is 1.85 bits per heavy atom. The van der Waals surface area contributed by atoms with E-state index in [9.17, 15) is 0 Å². The van der Waals surface area contributed by atoms with E-state index in [0.717, 1.165) is 17.5 Å². The van der Waals surface area contributed by atoms with Crippen LogP contribution in [0.2, 0.25) is 0 Å². The molecule has 0 spiro atoms. The molecule has 1 aromatic heterocycles. The molecule has 0 bridgehead atoms. The van der Waals surface area contributed by atoms with Crippen molar-refractivity contribution in [2.24, 2.45) is 0 Å². The van der Waals surface area contributed by atoms with E-state index in [1.54, 1.807) is 26.5 Å². The van der Waals surface area contributed by atoms with Gasteiger partial charge < -0.3 is 24.6 Å². The lowest BCUT2D eigenvalue weighted by Gasteiger charge is -2.17. The maximum atomic E-state index is 8.94. The first-order chi connectivity index (χ1) is 13.2. The third kappa shape index (κ3) is 4.57. The highest BCUT2D eigenvalue weighted by molar-refractivity contribution is 5.77. The van der Waals surface area contributed by atoms with Gasteiger partial charge in [-0.15, -0.1) is 0 Å². The molecule has 0 saturated carbocycles. The molecule has 0 amide bonds. The minimum Gasteiger partial charge on any atom is -0.497 e. The van der Waals surface area contributed by atoms with Crippen molar-refractivity contribution in [3.63, 3.8) is 0 Å². The summed E-state index contributed by atoms with van der Waals surface area (Å²) in [5.74, 6) is 2.33. The van der Waals surface area contributed by atoms with Crippen LogP contribution in [0.3, 0.4) is 0 Å². The summed E-state index contributed by atoms with van der Waals surface area (Å²) >= 11 is 0. The van der Waals surface area contributed by atoms with Crippen molar-refractivity contribution in [1.29, 1.82) is 0 Å². The molecule has 2 N–H and O–H groups in total. The van der Waals surface area contributed by atoms with Gasteiger partial charge in [-0.1, -0.05) is 12.1 Å². The van der Waals surface area contributed by atoms with Gasteiger partial charge in [0.25, 0.3) is 0 Å². The van der Waals surface area contributed by atoms with Crippen LogP contribution in [0.15, 0.2) is 42.6 Å². The van der Waals surface area contributed by atoms with Crippen LogP contribution in [0.5, 0.6) is 17.2 Å². The van der Waals surface area contributed by atoms with Crippen LogP contribution in [0.4, 0.5) is 11.5 Å². The van der Waals surface area contributed by atoms with Crippen LogP contribution in [0, 0.1) is 0 Å². The van der Waals surface area contributed by atoms with Crippen molar-refractivity contribution in [3.8, 4) is 17.2 Å². The molecule has 0 radical (unpaired) electrons. The summed E-state index contributed by atoms with van der Waals surface area (Å²) in [6.07, 6.45) is 3.09. The summed E-state index contributed by atoms with van der Waals surface area (Å²) in [6.45, 7) is 0.599. The van der Waals surface area contributed by atoms with E-state index >= 15 is 0 Å². The molecule has 0 saturated heterocycles. The SMILES string of the molecule is COc1cc(Nc2cnc3ccccc3n2)c(OCCCCO)c(OC)c1. The Kier molecular flexibility index (Phi) is 6.27. The molecule has 3 rings (SSSR count). The molecular weight excluding hydrogens is 346 g/mol. The summed E-state index contributed by atoms with van der Waals surface area (Å²) in [5, 5.41) is 12.2. The molecule has 27 heavy (non-hydrogen) atoms. The van der Waals surface area contributed by atoms with Crippen LogP contribution in [0.1, 0.15) is 12.8 Å². The number of fused-ring (bicyclic) bond motifs is 1. The average Bonchev–Trinajstić information content (AvgIpc) is 2.71. The molecule has 7 heteroatoms. The van der Waals surface area contributed by atoms with E-state index in [0.29, 0.717) is 41.8 Å². The van der Waals surface area contributed by atoms with E-state index in [1.165, 1.54) is 0 Å². The molecule has 0 unspecified atom stereocenters. The molecule has 0 aliphatic rings. The smallest absolute Gasteiger partial charge is 0.184 e. The Bertz CT molecular complexity index is 902. The number of para-hydroxylation sites is 2. The lowest BCUT2D eigenvalue weighted by molar-refractivity contribution is 0.248. The lowest BCUT2D eigenvalue weighted by atomic mass is 10.2. The first-order valence-corrected chi connectivity index (χ1v) is 8.73. The van der Waals surface area contributed by atoms with Gasteiger partial charge in [0.05, 0.1) is 43.7 Å². The Morgan fingerprint density at radius 3 is 2.59 bits per heavy atom. The van der Waals surface area contributed by atoms with E-state index < -0.39 is 0 Å². The van der Waals surface area contributed by atoms with Gasteiger partial charge in [0.2, 0.25) is 0 Å². The fourth-order valence-corrected chi connectivity index (χ4v) is 2.63. The van der Waals surface area contributed by atoms with Crippen molar-refractivity contribution < 1.29 is 19.3 Å². The summed E-state index contributed by atoms with van der Waals surface area (Å²) in [5.41, 5.74) is 2.29. The van der Waals surface area contributed by atoms with Gasteiger partial charge in [0.15, 0.2) is 11.5 Å². The average molecular weight is 369 g/mol. The van der Waals surface area contributed by atoms with Crippen molar-refractivity contribution in [1.82, 2.24) is 9.97 Å². The maximum Gasteiger partial charge on any atom is 0.184 e. The van der Waals surface area contributed by atoms with Gasteiger partial charge >= 0.3 is 0 Å². The van der Waals surface area contributed by atoms with Gasteiger partial charge in [-0.2, -0.15) is 0 Å². The largest absolute Gasteiger partial charge is 0.497 e.